The third-order valence-corrected chi connectivity index (χ3v) is 6.36. The number of aliphatic hydroxyl groups excluding tert-OH is 1. The van der Waals surface area contributed by atoms with E-state index in [4.69, 9.17) is 9.15 Å². The summed E-state index contributed by atoms with van der Waals surface area (Å²) in [5, 5.41) is 11.5. The highest BCUT2D eigenvalue weighted by atomic mass is 16.5. The SMILES string of the molecule is COc1ccc(/C(O)=C2\C(=O)C(=O)N(c3nc4ccccc4[nH]3)C2c2ccc(C)o2)cc1C(C)(C)C. The molecular weight excluding hydrogens is 458 g/mol. The van der Waals surface area contributed by atoms with Crippen LogP contribution in [-0.2, 0) is 15.0 Å². The number of aromatic nitrogens is 2. The number of hydrogen-bond donors (Lipinski definition) is 2. The van der Waals surface area contributed by atoms with Gasteiger partial charge < -0.3 is 19.2 Å². The molecule has 0 bridgehead atoms. The van der Waals surface area contributed by atoms with Crippen molar-refractivity contribution in [3.8, 4) is 5.75 Å². The molecule has 4 aromatic rings. The smallest absolute Gasteiger partial charge is 0.302 e. The number of methoxy groups -OCH3 is 1. The van der Waals surface area contributed by atoms with Crippen LogP contribution >= 0.6 is 0 Å². The second-order valence-electron chi connectivity index (χ2n) is 9.86. The first-order chi connectivity index (χ1) is 17.1. The zero-order valence-corrected chi connectivity index (χ0v) is 20.7. The van der Waals surface area contributed by atoms with E-state index in [1.54, 1.807) is 44.4 Å². The molecule has 0 aliphatic carbocycles. The number of aromatic amines is 1. The van der Waals surface area contributed by atoms with Crippen LogP contribution in [0.4, 0.5) is 5.95 Å². The minimum Gasteiger partial charge on any atom is -0.507 e. The molecule has 0 spiro atoms. The molecule has 5 rings (SSSR count). The van der Waals surface area contributed by atoms with Gasteiger partial charge in [0.2, 0.25) is 5.95 Å². The number of furan rings is 1. The van der Waals surface area contributed by atoms with Crippen LogP contribution in [0.25, 0.3) is 16.8 Å². The van der Waals surface area contributed by atoms with E-state index in [9.17, 15) is 14.7 Å². The first-order valence-electron chi connectivity index (χ1n) is 11.6. The number of fused-ring (bicyclic) bond motifs is 1. The molecule has 2 aromatic heterocycles. The number of ketones is 1. The summed E-state index contributed by atoms with van der Waals surface area (Å²) in [5.74, 6) is -0.0991. The lowest BCUT2D eigenvalue weighted by molar-refractivity contribution is -0.132. The first-order valence-corrected chi connectivity index (χ1v) is 11.6. The molecular formula is C28H27N3O5. The Morgan fingerprint density at radius 1 is 1.11 bits per heavy atom. The van der Waals surface area contributed by atoms with Crippen molar-refractivity contribution >= 4 is 34.4 Å². The van der Waals surface area contributed by atoms with Crippen molar-refractivity contribution < 1.29 is 23.8 Å². The van der Waals surface area contributed by atoms with Crippen LogP contribution in [0.2, 0.25) is 0 Å². The van der Waals surface area contributed by atoms with Gasteiger partial charge in [0.05, 0.1) is 23.7 Å². The topological polar surface area (TPSA) is 109 Å². The maximum atomic E-state index is 13.4. The lowest BCUT2D eigenvalue weighted by Crippen LogP contribution is -2.30. The molecule has 1 amide bonds. The Morgan fingerprint density at radius 3 is 2.50 bits per heavy atom. The monoisotopic (exact) mass is 485 g/mol. The number of carbonyl (C=O) groups excluding carboxylic acids is 2. The van der Waals surface area contributed by atoms with E-state index in [2.05, 4.69) is 9.97 Å². The van der Waals surface area contributed by atoms with Crippen molar-refractivity contribution in [3.63, 3.8) is 0 Å². The Bertz CT molecular complexity index is 1500. The van der Waals surface area contributed by atoms with Crippen LogP contribution in [0.5, 0.6) is 5.75 Å². The van der Waals surface area contributed by atoms with E-state index in [1.165, 1.54) is 4.90 Å². The summed E-state index contributed by atoms with van der Waals surface area (Å²) in [6.45, 7) is 7.86. The molecule has 1 atom stereocenters. The van der Waals surface area contributed by atoms with Crippen molar-refractivity contribution in [2.45, 2.75) is 39.2 Å². The number of para-hydroxylation sites is 2. The van der Waals surface area contributed by atoms with Gasteiger partial charge in [0.25, 0.3) is 5.78 Å². The second-order valence-corrected chi connectivity index (χ2v) is 9.86. The van der Waals surface area contributed by atoms with Crippen molar-refractivity contribution in [1.29, 1.82) is 0 Å². The minimum absolute atomic E-state index is 0.0696. The summed E-state index contributed by atoms with van der Waals surface area (Å²) in [5.41, 5.74) is 2.25. The average molecular weight is 486 g/mol. The quantitative estimate of drug-likeness (QED) is 0.228. The van der Waals surface area contributed by atoms with Crippen molar-refractivity contribution in [1.82, 2.24) is 9.97 Å². The van der Waals surface area contributed by atoms with Gasteiger partial charge in [-0.05, 0) is 54.8 Å². The van der Waals surface area contributed by atoms with Crippen LogP contribution in [0.3, 0.4) is 0 Å². The molecule has 2 aromatic carbocycles. The predicted molar refractivity (Wildman–Crippen MR) is 136 cm³/mol. The number of ether oxygens (including phenoxy) is 1. The number of nitrogens with one attached hydrogen (secondary N) is 1. The maximum absolute atomic E-state index is 13.4. The molecule has 1 unspecified atom stereocenters. The number of imidazole rings is 1. The van der Waals surface area contributed by atoms with Crippen molar-refractivity contribution in [2.24, 2.45) is 0 Å². The Morgan fingerprint density at radius 2 is 1.86 bits per heavy atom. The number of carbonyl (C=O) groups is 2. The van der Waals surface area contributed by atoms with Gasteiger partial charge in [-0.15, -0.1) is 0 Å². The van der Waals surface area contributed by atoms with E-state index in [0.717, 1.165) is 5.56 Å². The lowest BCUT2D eigenvalue weighted by atomic mass is 9.84. The zero-order valence-electron chi connectivity index (χ0n) is 20.7. The van der Waals surface area contributed by atoms with Gasteiger partial charge >= 0.3 is 5.91 Å². The Kier molecular flexibility index (Phi) is 5.47. The third kappa shape index (κ3) is 3.75. The molecule has 1 aliphatic heterocycles. The third-order valence-electron chi connectivity index (χ3n) is 6.36. The lowest BCUT2D eigenvalue weighted by Gasteiger charge is -2.23. The number of H-pyrrole nitrogens is 1. The Labute approximate surface area is 208 Å². The normalized spacial score (nSPS) is 17.8. The van der Waals surface area contributed by atoms with E-state index in [-0.39, 0.29) is 22.7 Å². The highest BCUT2D eigenvalue weighted by Crippen LogP contribution is 2.43. The molecule has 2 N–H and O–H groups in total. The van der Waals surface area contributed by atoms with Crippen molar-refractivity contribution in [2.75, 3.05) is 12.0 Å². The molecule has 184 valence electrons. The summed E-state index contributed by atoms with van der Waals surface area (Å²) in [7, 11) is 1.59. The summed E-state index contributed by atoms with van der Waals surface area (Å²) >= 11 is 0. The number of amides is 1. The number of Topliss-reactive ketones (excluding diaryl/α,β-unsaturated/α-hetero) is 1. The van der Waals surface area contributed by atoms with E-state index < -0.39 is 17.7 Å². The summed E-state index contributed by atoms with van der Waals surface area (Å²) in [4.78, 5) is 35.7. The molecule has 8 nitrogen and oxygen atoms in total. The average Bonchev–Trinajstić information content (AvgIpc) is 3.53. The highest BCUT2D eigenvalue weighted by molar-refractivity contribution is 6.51. The van der Waals surface area contributed by atoms with Gasteiger partial charge in [0.1, 0.15) is 29.1 Å². The van der Waals surface area contributed by atoms with Gasteiger partial charge in [-0.3, -0.25) is 14.5 Å². The van der Waals surface area contributed by atoms with Crippen LogP contribution in [-0.4, -0.2) is 33.9 Å². The van der Waals surface area contributed by atoms with Gasteiger partial charge in [-0.2, -0.15) is 0 Å². The van der Waals surface area contributed by atoms with Crippen LogP contribution in [0.1, 0.15) is 49.5 Å². The van der Waals surface area contributed by atoms with E-state index in [0.29, 0.717) is 33.9 Å². The summed E-state index contributed by atoms with van der Waals surface area (Å²) in [6, 6.07) is 15.0. The molecule has 8 heteroatoms. The molecule has 3 heterocycles. The number of aryl methyl sites for hydroxylation is 1. The van der Waals surface area contributed by atoms with Gasteiger partial charge in [-0.25, -0.2) is 4.98 Å². The summed E-state index contributed by atoms with van der Waals surface area (Å²) in [6.07, 6.45) is 0. The van der Waals surface area contributed by atoms with E-state index >= 15 is 0 Å². The van der Waals surface area contributed by atoms with Crippen LogP contribution in [0.15, 0.2) is 64.6 Å². The van der Waals surface area contributed by atoms with Gasteiger partial charge in [0, 0.05) is 11.1 Å². The molecule has 36 heavy (non-hydrogen) atoms. The van der Waals surface area contributed by atoms with Crippen LogP contribution in [0, 0.1) is 6.92 Å². The van der Waals surface area contributed by atoms with Gasteiger partial charge in [-0.1, -0.05) is 32.9 Å². The molecule has 1 saturated heterocycles. The second kappa shape index (κ2) is 8.41. The largest absolute Gasteiger partial charge is 0.507 e. The molecule has 0 saturated carbocycles. The molecule has 1 aliphatic rings. The van der Waals surface area contributed by atoms with Crippen molar-refractivity contribution in [3.05, 3.63) is 82.8 Å². The predicted octanol–water partition coefficient (Wildman–Crippen LogP) is 5.40. The number of hydrogen-bond acceptors (Lipinski definition) is 6. The highest BCUT2D eigenvalue weighted by Gasteiger charge is 2.49. The fourth-order valence-corrected chi connectivity index (χ4v) is 4.57. The number of benzene rings is 2. The molecule has 1 fully saturated rings. The molecule has 0 radical (unpaired) electrons. The Balaban J connectivity index is 1.72. The standard InChI is InChI=1S/C28H27N3O5/c1-15-10-12-21(36-15)23-22(24(32)16-11-13-20(35-5)17(14-16)28(2,3)4)25(33)26(34)31(23)27-29-18-8-6-7-9-19(18)30-27/h6-14,23,32H,1-5H3,(H,29,30)/b24-22+. The number of rotatable bonds is 4. The number of anilines is 1. The minimum atomic E-state index is -1.00. The maximum Gasteiger partial charge on any atom is 0.302 e. The first kappa shape index (κ1) is 23.4. The van der Waals surface area contributed by atoms with Gasteiger partial charge in [0.15, 0.2) is 0 Å². The summed E-state index contributed by atoms with van der Waals surface area (Å²) < 4.78 is 11.4. The number of aliphatic hydroxyl groups is 1. The van der Waals surface area contributed by atoms with Crippen LogP contribution < -0.4 is 9.64 Å². The number of nitrogens with zero attached hydrogens (tertiary/aromatic N) is 2. The fraction of sp³-hybridized carbons (Fsp3) is 0.250. The Hall–Kier alpha value is -4.33. The fourth-order valence-electron chi connectivity index (χ4n) is 4.57. The zero-order chi connectivity index (χ0) is 25.8. The van der Waals surface area contributed by atoms with E-state index in [1.807, 2.05) is 45.0 Å².